The predicted molar refractivity (Wildman–Crippen MR) is 36.6 cm³/mol. The van der Waals surface area contributed by atoms with Crippen molar-refractivity contribution in [2.45, 2.75) is 0 Å². The van der Waals surface area contributed by atoms with E-state index in [-0.39, 0.29) is 10.9 Å². The number of aliphatic hydroxyl groups is 2. The summed E-state index contributed by atoms with van der Waals surface area (Å²) in [5.74, 6) is -0.0833. The van der Waals surface area contributed by atoms with Crippen molar-refractivity contribution in [3.05, 3.63) is 22.3 Å². The lowest BCUT2D eigenvalue weighted by Gasteiger charge is -1.86. The second-order valence-electron chi connectivity index (χ2n) is 1.24. The van der Waals surface area contributed by atoms with E-state index in [2.05, 4.69) is 6.58 Å². The molecule has 0 unspecified atom stereocenters. The molecular formula is C4H4O2S2. The Kier molecular flexibility index (Phi) is 1.44. The smallest absolute Gasteiger partial charge is 0.205 e. The highest BCUT2D eigenvalue weighted by molar-refractivity contribution is 8.80. The highest BCUT2D eigenvalue weighted by Gasteiger charge is 2.17. The Morgan fingerprint density at radius 2 is 1.88 bits per heavy atom. The molecule has 4 heteroatoms. The van der Waals surface area contributed by atoms with Crippen molar-refractivity contribution in [1.82, 2.24) is 0 Å². The molecule has 0 spiro atoms. The van der Waals surface area contributed by atoms with Crippen LogP contribution in [0.25, 0.3) is 0 Å². The van der Waals surface area contributed by atoms with E-state index >= 15 is 0 Å². The van der Waals surface area contributed by atoms with E-state index < -0.39 is 0 Å². The minimum Gasteiger partial charge on any atom is -0.503 e. The average molecular weight is 148 g/mol. The minimum atomic E-state index is -0.0833. The van der Waals surface area contributed by atoms with Crippen molar-refractivity contribution in [1.29, 1.82) is 0 Å². The van der Waals surface area contributed by atoms with Gasteiger partial charge < -0.3 is 10.2 Å². The molecule has 0 bridgehead atoms. The maximum absolute atomic E-state index is 8.75. The highest BCUT2D eigenvalue weighted by Crippen LogP contribution is 2.45. The molecule has 0 amide bonds. The first kappa shape index (κ1) is 5.91. The van der Waals surface area contributed by atoms with Gasteiger partial charge in [0, 0.05) is 0 Å². The first-order valence-electron chi connectivity index (χ1n) is 1.88. The number of hydrogen-bond acceptors (Lipinski definition) is 4. The molecule has 1 aliphatic heterocycles. The molecule has 1 heterocycles. The summed E-state index contributed by atoms with van der Waals surface area (Å²) in [4.78, 5) is 0.521. The largest absolute Gasteiger partial charge is 0.503 e. The monoisotopic (exact) mass is 148 g/mol. The van der Waals surface area contributed by atoms with Crippen LogP contribution in [-0.2, 0) is 0 Å². The van der Waals surface area contributed by atoms with Crippen molar-refractivity contribution in [2.75, 3.05) is 0 Å². The van der Waals surface area contributed by atoms with Crippen molar-refractivity contribution in [2.24, 2.45) is 0 Å². The minimum absolute atomic E-state index is 0.0417. The molecule has 44 valence electrons. The second-order valence-corrected chi connectivity index (χ2v) is 3.46. The fourth-order valence-electron chi connectivity index (χ4n) is 0.288. The van der Waals surface area contributed by atoms with Gasteiger partial charge in [-0.25, -0.2) is 0 Å². The molecular weight excluding hydrogens is 144 g/mol. The van der Waals surface area contributed by atoms with E-state index in [0.29, 0.717) is 4.91 Å². The molecule has 0 aromatic carbocycles. The maximum atomic E-state index is 8.75. The van der Waals surface area contributed by atoms with E-state index in [1.165, 1.54) is 10.8 Å². The lowest BCUT2D eigenvalue weighted by molar-refractivity contribution is 0.367. The van der Waals surface area contributed by atoms with Crippen molar-refractivity contribution >= 4 is 21.6 Å². The Hall–Kier alpha value is -0.220. The lowest BCUT2D eigenvalue weighted by Crippen LogP contribution is -1.77. The lowest BCUT2D eigenvalue weighted by atomic mass is 10.5. The van der Waals surface area contributed by atoms with Crippen LogP contribution < -0.4 is 0 Å². The van der Waals surface area contributed by atoms with Crippen LogP contribution in [0.2, 0.25) is 0 Å². The Labute approximate surface area is 54.7 Å². The fourth-order valence-corrected chi connectivity index (χ4v) is 1.92. The molecule has 2 nitrogen and oxygen atoms in total. The van der Waals surface area contributed by atoms with Gasteiger partial charge in [-0.15, -0.1) is 0 Å². The third-order valence-electron chi connectivity index (χ3n) is 0.688. The van der Waals surface area contributed by atoms with Crippen LogP contribution in [0.3, 0.4) is 0 Å². The van der Waals surface area contributed by atoms with Gasteiger partial charge in [-0.1, -0.05) is 6.58 Å². The van der Waals surface area contributed by atoms with Gasteiger partial charge in [0.15, 0.2) is 5.76 Å². The predicted octanol–water partition coefficient (Wildman–Crippen LogP) is 2.18. The topological polar surface area (TPSA) is 40.5 Å². The van der Waals surface area contributed by atoms with E-state index in [1.54, 1.807) is 0 Å². The summed E-state index contributed by atoms with van der Waals surface area (Å²) in [5, 5.41) is 17.4. The van der Waals surface area contributed by atoms with Gasteiger partial charge in [-0.3, -0.25) is 0 Å². The second kappa shape index (κ2) is 1.95. The summed E-state index contributed by atoms with van der Waals surface area (Å²) in [6.45, 7) is 3.46. The molecule has 0 radical (unpaired) electrons. The normalized spacial score (nSPS) is 20.2. The van der Waals surface area contributed by atoms with E-state index in [0.717, 1.165) is 10.8 Å². The number of aliphatic hydroxyl groups excluding tert-OH is 2. The van der Waals surface area contributed by atoms with Crippen molar-refractivity contribution in [3.63, 3.8) is 0 Å². The van der Waals surface area contributed by atoms with Gasteiger partial charge in [-0.05, 0) is 21.6 Å². The SMILES string of the molecule is C=C1SSC(O)=C1O. The number of rotatable bonds is 0. The van der Waals surface area contributed by atoms with Crippen LogP contribution in [0, 0.1) is 0 Å². The molecule has 0 saturated heterocycles. The molecule has 0 fully saturated rings. The van der Waals surface area contributed by atoms with E-state index in [1.807, 2.05) is 0 Å². The third-order valence-corrected chi connectivity index (χ3v) is 2.84. The Balaban J connectivity index is 2.86. The Morgan fingerprint density at radius 3 is 2.00 bits per heavy atom. The molecule has 1 aliphatic rings. The van der Waals surface area contributed by atoms with Crippen LogP contribution in [0.1, 0.15) is 0 Å². The standard InChI is InChI=1S/C4H4O2S2/c1-2-3(5)4(6)8-7-2/h5-6H,1H2. The van der Waals surface area contributed by atoms with E-state index in [4.69, 9.17) is 10.2 Å². The van der Waals surface area contributed by atoms with Crippen molar-refractivity contribution in [3.8, 4) is 0 Å². The summed E-state index contributed by atoms with van der Waals surface area (Å²) < 4.78 is 0. The first-order valence-corrected chi connectivity index (χ1v) is 4.03. The molecule has 0 atom stereocenters. The summed E-state index contributed by atoms with van der Waals surface area (Å²) in [5.41, 5.74) is 0. The summed E-state index contributed by atoms with van der Waals surface area (Å²) in [6, 6.07) is 0. The average Bonchev–Trinajstić information content (AvgIpc) is 1.98. The molecule has 0 aromatic heterocycles. The van der Waals surface area contributed by atoms with Gasteiger partial charge in [0.1, 0.15) is 0 Å². The maximum Gasteiger partial charge on any atom is 0.205 e. The van der Waals surface area contributed by atoms with Gasteiger partial charge in [0.05, 0.1) is 4.91 Å². The Morgan fingerprint density at radius 1 is 1.25 bits per heavy atom. The van der Waals surface area contributed by atoms with E-state index in [9.17, 15) is 0 Å². The zero-order valence-corrected chi connectivity index (χ0v) is 5.55. The quantitative estimate of drug-likeness (QED) is 0.516. The van der Waals surface area contributed by atoms with Crippen LogP contribution in [-0.4, -0.2) is 10.2 Å². The van der Waals surface area contributed by atoms with Crippen LogP contribution >= 0.6 is 21.6 Å². The molecule has 2 N–H and O–H groups in total. The van der Waals surface area contributed by atoms with Gasteiger partial charge in [-0.2, -0.15) is 0 Å². The fraction of sp³-hybridized carbons (Fsp3) is 0. The van der Waals surface area contributed by atoms with Gasteiger partial charge in [0.25, 0.3) is 0 Å². The van der Waals surface area contributed by atoms with Crippen LogP contribution in [0.15, 0.2) is 22.3 Å². The van der Waals surface area contributed by atoms with Gasteiger partial charge >= 0.3 is 0 Å². The van der Waals surface area contributed by atoms with Crippen LogP contribution in [0.5, 0.6) is 0 Å². The van der Waals surface area contributed by atoms with Crippen molar-refractivity contribution < 1.29 is 10.2 Å². The molecule has 0 saturated carbocycles. The highest BCUT2D eigenvalue weighted by atomic mass is 33.1. The van der Waals surface area contributed by atoms with Crippen LogP contribution in [0.4, 0.5) is 0 Å². The Bertz CT molecular complexity index is 161. The summed E-state index contributed by atoms with van der Waals surface area (Å²) >= 11 is 0. The summed E-state index contributed by atoms with van der Waals surface area (Å²) in [7, 11) is 2.38. The van der Waals surface area contributed by atoms with Gasteiger partial charge in [0.2, 0.25) is 5.09 Å². The summed E-state index contributed by atoms with van der Waals surface area (Å²) in [6.07, 6.45) is 0. The molecule has 0 aromatic rings. The molecule has 1 rings (SSSR count). The molecule has 0 aliphatic carbocycles. The zero-order chi connectivity index (χ0) is 6.15. The zero-order valence-electron chi connectivity index (χ0n) is 3.92. The third kappa shape index (κ3) is 0.809. The number of hydrogen-bond donors (Lipinski definition) is 2. The molecule has 8 heavy (non-hydrogen) atoms. The first-order chi connectivity index (χ1) is 3.72.